The smallest absolute Gasteiger partial charge is 0.0939 e. The Morgan fingerprint density at radius 1 is 1.47 bits per heavy atom. The summed E-state index contributed by atoms with van der Waals surface area (Å²) in [6, 6.07) is 0.363. The molecule has 2 aliphatic rings. The van der Waals surface area contributed by atoms with Gasteiger partial charge in [0.05, 0.1) is 12.2 Å². The number of hydrogen-bond donors (Lipinski definition) is 2. The Morgan fingerprint density at radius 3 is 3.05 bits per heavy atom. The number of ether oxygens (including phenoxy) is 3. The highest BCUT2D eigenvalue weighted by Gasteiger charge is 2.42. The third kappa shape index (κ3) is 4.13. The molecule has 0 bridgehead atoms. The van der Waals surface area contributed by atoms with Gasteiger partial charge in [-0.25, -0.2) is 0 Å². The first-order chi connectivity index (χ1) is 9.29. The van der Waals surface area contributed by atoms with Crippen molar-refractivity contribution < 1.29 is 14.2 Å². The highest BCUT2D eigenvalue weighted by Crippen LogP contribution is 2.37. The molecule has 3 atom stereocenters. The van der Waals surface area contributed by atoms with Crippen molar-refractivity contribution in [1.82, 2.24) is 5.43 Å². The molecule has 2 aliphatic heterocycles. The zero-order valence-corrected chi connectivity index (χ0v) is 12.0. The van der Waals surface area contributed by atoms with E-state index in [4.69, 9.17) is 20.1 Å². The molecule has 3 N–H and O–H groups in total. The van der Waals surface area contributed by atoms with Gasteiger partial charge in [-0.1, -0.05) is 0 Å². The highest BCUT2D eigenvalue weighted by molar-refractivity contribution is 4.93. The molecule has 0 amide bonds. The van der Waals surface area contributed by atoms with Crippen molar-refractivity contribution in [2.75, 3.05) is 33.0 Å². The normalized spacial score (nSPS) is 32.8. The van der Waals surface area contributed by atoms with Crippen LogP contribution in [0.5, 0.6) is 0 Å². The van der Waals surface area contributed by atoms with E-state index in [0.29, 0.717) is 12.0 Å². The first-order valence-corrected chi connectivity index (χ1v) is 7.55. The summed E-state index contributed by atoms with van der Waals surface area (Å²) >= 11 is 0. The molecule has 0 aromatic rings. The van der Waals surface area contributed by atoms with Crippen LogP contribution >= 0.6 is 0 Å². The zero-order chi connectivity index (χ0) is 13.6. The van der Waals surface area contributed by atoms with E-state index in [2.05, 4.69) is 5.43 Å². The zero-order valence-electron chi connectivity index (χ0n) is 12.0. The molecule has 2 heterocycles. The number of hydrogen-bond acceptors (Lipinski definition) is 5. The Morgan fingerprint density at radius 2 is 2.37 bits per heavy atom. The average molecular weight is 272 g/mol. The maximum absolute atomic E-state index is 5.98. The highest BCUT2D eigenvalue weighted by atomic mass is 16.6. The fourth-order valence-electron chi connectivity index (χ4n) is 3.28. The van der Waals surface area contributed by atoms with Gasteiger partial charge < -0.3 is 14.2 Å². The summed E-state index contributed by atoms with van der Waals surface area (Å²) in [6.07, 6.45) is 5.31. The predicted octanol–water partition coefficient (Wildman–Crippen LogP) is 1.22. The van der Waals surface area contributed by atoms with Crippen molar-refractivity contribution >= 4 is 0 Å². The van der Waals surface area contributed by atoms with Crippen LogP contribution < -0.4 is 11.3 Å². The van der Waals surface area contributed by atoms with E-state index in [1.54, 1.807) is 0 Å². The molecule has 19 heavy (non-hydrogen) atoms. The van der Waals surface area contributed by atoms with Crippen molar-refractivity contribution in [3.63, 3.8) is 0 Å². The first kappa shape index (κ1) is 15.2. The minimum absolute atomic E-state index is 0.0298. The Labute approximate surface area is 116 Å². The maximum Gasteiger partial charge on any atom is 0.0939 e. The van der Waals surface area contributed by atoms with Gasteiger partial charge in [-0.15, -0.1) is 0 Å². The Kier molecular flexibility index (Phi) is 6.04. The van der Waals surface area contributed by atoms with Crippen LogP contribution in [0.1, 0.15) is 39.0 Å². The van der Waals surface area contributed by atoms with E-state index in [0.717, 1.165) is 65.1 Å². The van der Waals surface area contributed by atoms with E-state index in [1.807, 2.05) is 6.92 Å². The Bertz CT molecular complexity index is 257. The van der Waals surface area contributed by atoms with E-state index in [9.17, 15) is 0 Å². The molecular weight excluding hydrogens is 244 g/mol. The lowest BCUT2D eigenvalue weighted by Gasteiger charge is -2.40. The van der Waals surface area contributed by atoms with Crippen LogP contribution in [0.2, 0.25) is 0 Å². The summed E-state index contributed by atoms with van der Waals surface area (Å²) in [5, 5.41) is 0. The van der Waals surface area contributed by atoms with E-state index < -0.39 is 0 Å². The quantitative estimate of drug-likeness (QED) is 0.414. The largest absolute Gasteiger partial charge is 0.382 e. The van der Waals surface area contributed by atoms with E-state index in [1.165, 1.54) is 0 Å². The van der Waals surface area contributed by atoms with Crippen LogP contribution in [0.15, 0.2) is 0 Å². The summed E-state index contributed by atoms with van der Waals surface area (Å²) < 4.78 is 16.9. The lowest BCUT2D eigenvalue weighted by atomic mass is 9.80. The molecular formula is C14H28N2O3. The third-order valence-electron chi connectivity index (χ3n) is 4.39. The molecule has 1 spiro atoms. The van der Waals surface area contributed by atoms with Crippen molar-refractivity contribution in [2.45, 2.75) is 50.7 Å². The second kappa shape index (κ2) is 7.55. The molecule has 5 nitrogen and oxygen atoms in total. The Balaban J connectivity index is 1.80. The van der Waals surface area contributed by atoms with Crippen molar-refractivity contribution in [3.05, 3.63) is 0 Å². The van der Waals surface area contributed by atoms with Gasteiger partial charge in [0.2, 0.25) is 0 Å². The van der Waals surface area contributed by atoms with Gasteiger partial charge in [0.1, 0.15) is 0 Å². The molecule has 0 aromatic heterocycles. The summed E-state index contributed by atoms with van der Waals surface area (Å²) in [6.45, 7) is 6.06. The molecule has 0 aromatic carbocycles. The van der Waals surface area contributed by atoms with E-state index in [-0.39, 0.29) is 5.60 Å². The molecule has 0 aliphatic carbocycles. The van der Waals surface area contributed by atoms with Crippen LogP contribution in [-0.2, 0) is 14.2 Å². The number of hydrazine groups is 1. The molecule has 0 radical (unpaired) electrons. The third-order valence-corrected chi connectivity index (χ3v) is 4.39. The van der Waals surface area contributed by atoms with Crippen LogP contribution in [0.3, 0.4) is 0 Å². The molecule has 0 saturated carbocycles. The first-order valence-electron chi connectivity index (χ1n) is 7.55. The number of rotatable bonds is 7. The monoisotopic (exact) mass is 272 g/mol. The minimum Gasteiger partial charge on any atom is -0.382 e. The van der Waals surface area contributed by atoms with Crippen LogP contribution in [0.4, 0.5) is 0 Å². The Hall–Kier alpha value is -0.200. The second-order valence-corrected chi connectivity index (χ2v) is 5.70. The van der Waals surface area contributed by atoms with Gasteiger partial charge in [-0.05, 0) is 38.5 Å². The van der Waals surface area contributed by atoms with Gasteiger partial charge >= 0.3 is 0 Å². The summed E-state index contributed by atoms with van der Waals surface area (Å²) in [4.78, 5) is 0. The van der Waals surface area contributed by atoms with Gasteiger partial charge in [-0.3, -0.25) is 11.3 Å². The van der Waals surface area contributed by atoms with Crippen LogP contribution in [0, 0.1) is 5.92 Å². The average Bonchev–Trinajstić information content (AvgIpc) is 2.87. The van der Waals surface area contributed by atoms with Crippen molar-refractivity contribution in [1.29, 1.82) is 0 Å². The standard InChI is InChI=1S/C14H28N2O3/c1-2-17-7-3-4-13(16-15)12-5-8-19-14(10-12)6-9-18-11-14/h12-13,16H,2-11,15H2,1H3. The van der Waals surface area contributed by atoms with Crippen LogP contribution in [0.25, 0.3) is 0 Å². The minimum atomic E-state index is -0.0298. The van der Waals surface area contributed by atoms with Crippen molar-refractivity contribution in [2.24, 2.45) is 11.8 Å². The summed E-state index contributed by atoms with van der Waals surface area (Å²) in [5.41, 5.74) is 2.97. The van der Waals surface area contributed by atoms with Gasteiger partial charge in [0.15, 0.2) is 0 Å². The lowest BCUT2D eigenvalue weighted by molar-refractivity contribution is -0.103. The van der Waals surface area contributed by atoms with Crippen LogP contribution in [-0.4, -0.2) is 44.7 Å². The molecule has 2 fully saturated rings. The molecule has 3 unspecified atom stereocenters. The van der Waals surface area contributed by atoms with Crippen molar-refractivity contribution in [3.8, 4) is 0 Å². The van der Waals surface area contributed by atoms with Gasteiger partial charge in [-0.2, -0.15) is 0 Å². The predicted molar refractivity (Wildman–Crippen MR) is 73.7 cm³/mol. The molecule has 112 valence electrons. The fourth-order valence-corrected chi connectivity index (χ4v) is 3.28. The second-order valence-electron chi connectivity index (χ2n) is 5.70. The summed E-state index contributed by atoms with van der Waals surface area (Å²) in [5.74, 6) is 6.33. The summed E-state index contributed by atoms with van der Waals surface area (Å²) in [7, 11) is 0. The SMILES string of the molecule is CCOCCCC(NN)C1CCOC2(CCOC2)C1. The number of nitrogens with one attached hydrogen (secondary N) is 1. The lowest BCUT2D eigenvalue weighted by Crippen LogP contribution is -2.49. The topological polar surface area (TPSA) is 65.7 Å². The number of nitrogens with two attached hydrogens (primary N) is 1. The molecule has 2 saturated heterocycles. The molecule has 5 heteroatoms. The maximum atomic E-state index is 5.98. The van der Waals surface area contributed by atoms with E-state index >= 15 is 0 Å². The van der Waals surface area contributed by atoms with Gasteiger partial charge in [0, 0.05) is 38.9 Å². The fraction of sp³-hybridized carbons (Fsp3) is 1.00. The molecule has 2 rings (SSSR count). The van der Waals surface area contributed by atoms with Gasteiger partial charge in [0.25, 0.3) is 0 Å².